The molecule has 0 amide bonds. The quantitative estimate of drug-likeness (QED) is 0.541. The number of aromatic amines is 1. The second kappa shape index (κ2) is 5.90. The van der Waals surface area contributed by atoms with Crippen molar-refractivity contribution in [1.82, 2.24) is 15.1 Å². The molecule has 9 heteroatoms. The van der Waals surface area contributed by atoms with Gasteiger partial charge < -0.3 is 24.8 Å². The smallest absolute Gasteiger partial charge is 0.159 e. The lowest BCUT2D eigenvalue weighted by atomic mass is 10.1. The van der Waals surface area contributed by atoms with Gasteiger partial charge in [-0.3, -0.25) is 0 Å². The van der Waals surface area contributed by atoms with Crippen LogP contribution in [0.5, 0.6) is 0 Å². The van der Waals surface area contributed by atoms with Crippen LogP contribution in [0.3, 0.4) is 0 Å². The Bertz CT molecular complexity index is 581. The SMILES string of the molecule is Cc1cc(-c2ncc([C@@H](O)[C@H](O)[C@@H](CO)N=O)[nH]2)no1. The van der Waals surface area contributed by atoms with Gasteiger partial charge in [0.2, 0.25) is 0 Å². The summed E-state index contributed by atoms with van der Waals surface area (Å²) in [5.74, 6) is 0.951. The Morgan fingerprint density at radius 3 is 2.80 bits per heavy atom. The molecule has 0 aliphatic carbocycles. The predicted molar refractivity (Wildman–Crippen MR) is 66.5 cm³/mol. The van der Waals surface area contributed by atoms with Gasteiger partial charge in [0.1, 0.15) is 29.7 Å². The summed E-state index contributed by atoms with van der Waals surface area (Å²) in [4.78, 5) is 17.2. The summed E-state index contributed by atoms with van der Waals surface area (Å²) in [6.07, 6.45) is -1.67. The van der Waals surface area contributed by atoms with Gasteiger partial charge in [-0.1, -0.05) is 10.3 Å². The molecule has 0 aromatic carbocycles. The van der Waals surface area contributed by atoms with Gasteiger partial charge in [-0.2, -0.15) is 4.91 Å². The monoisotopic (exact) mass is 282 g/mol. The lowest BCUT2D eigenvalue weighted by molar-refractivity contribution is -0.0101. The average Bonchev–Trinajstić information content (AvgIpc) is 3.07. The largest absolute Gasteiger partial charge is 0.394 e. The van der Waals surface area contributed by atoms with Gasteiger partial charge >= 0.3 is 0 Å². The second-order valence-electron chi connectivity index (χ2n) is 4.30. The summed E-state index contributed by atoms with van der Waals surface area (Å²) in [6.45, 7) is 1.06. The molecule has 0 radical (unpaired) electrons. The zero-order valence-electron chi connectivity index (χ0n) is 10.6. The third kappa shape index (κ3) is 2.74. The minimum absolute atomic E-state index is 0.176. The summed E-state index contributed by atoms with van der Waals surface area (Å²) < 4.78 is 4.90. The molecule has 0 spiro atoms. The van der Waals surface area contributed by atoms with Gasteiger partial charge in [0.25, 0.3) is 0 Å². The van der Waals surface area contributed by atoms with Crippen molar-refractivity contribution < 1.29 is 19.8 Å². The maximum atomic E-state index is 10.4. The van der Waals surface area contributed by atoms with Crippen LogP contribution in [-0.2, 0) is 0 Å². The number of hydrogen-bond donors (Lipinski definition) is 4. The Balaban J connectivity index is 2.17. The van der Waals surface area contributed by atoms with Crippen LogP contribution in [0.4, 0.5) is 0 Å². The molecule has 9 nitrogen and oxygen atoms in total. The van der Waals surface area contributed by atoms with Crippen molar-refractivity contribution in [2.24, 2.45) is 5.18 Å². The molecule has 2 heterocycles. The number of imidazole rings is 1. The number of nitroso groups, excluding NO2 is 1. The van der Waals surface area contributed by atoms with Gasteiger partial charge in [0, 0.05) is 6.07 Å². The van der Waals surface area contributed by atoms with Gasteiger partial charge in [-0.15, -0.1) is 0 Å². The first-order valence-electron chi connectivity index (χ1n) is 5.85. The molecular weight excluding hydrogens is 268 g/mol. The maximum Gasteiger partial charge on any atom is 0.159 e. The molecule has 0 saturated heterocycles. The van der Waals surface area contributed by atoms with E-state index in [1.165, 1.54) is 6.20 Å². The normalized spacial score (nSPS) is 15.8. The molecule has 0 bridgehead atoms. The topological polar surface area (TPSA) is 145 Å². The Hall–Kier alpha value is -2.10. The van der Waals surface area contributed by atoms with E-state index >= 15 is 0 Å². The number of nitrogens with one attached hydrogen (secondary N) is 1. The number of rotatable bonds is 6. The van der Waals surface area contributed by atoms with Crippen LogP contribution in [0.15, 0.2) is 22.0 Å². The van der Waals surface area contributed by atoms with E-state index in [1.807, 2.05) is 0 Å². The van der Waals surface area contributed by atoms with E-state index in [9.17, 15) is 15.1 Å². The molecule has 3 atom stereocenters. The second-order valence-corrected chi connectivity index (χ2v) is 4.30. The van der Waals surface area contributed by atoms with Gasteiger partial charge in [-0.25, -0.2) is 4.98 Å². The Morgan fingerprint density at radius 2 is 2.25 bits per heavy atom. The van der Waals surface area contributed by atoms with Crippen LogP contribution in [0.2, 0.25) is 0 Å². The summed E-state index contributed by atoms with van der Waals surface area (Å²) in [6, 6.07) is 0.334. The van der Waals surface area contributed by atoms with E-state index in [-0.39, 0.29) is 5.69 Å². The first-order valence-corrected chi connectivity index (χ1v) is 5.85. The van der Waals surface area contributed by atoms with Crippen LogP contribution < -0.4 is 0 Å². The molecule has 0 fully saturated rings. The number of H-pyrrole nitrogens is 1. The number of aliphatic hydroxyl groups is 3. The molecule has 0 aliphatic rings. The highest BCUT2D eigenvalue weighted by atomic mass is 16.5. The summed E-state index contributed by atoms with van der Waals surface area (Å²) in [7, 11) is 0. The first-order chi connectivity index (χ1) is 9.56. The van der Waals surface area contributed by atoms with E-state index in [0.29, 0.717) is 17.3 Å². The summed E-state index contributed by atoms with van der Waals surface area (Å²) >= 11 is 0. The number of aryl methyl sites for hydroxylation is 1. The Morgan fingerprint density at radius 1 is 1.50 bits per heavy atom. The summed E-state index contributed by atoms with van der Waals surface area (Å²) in [5.41, 5.74) is 0.623. The zero-order chi connectivity index (χ0) is 14.7. The molecule has 0 aliphatic heterocycles. The van der Waals surface area contributed by atoms with Crippen molar-refractivity contribution in [3.8, 4) is 11.5 Å². The minimum Gasteiger partial charge on any atom is -0.394 e. The zero-order valence-corrected chi connectivity index (χ0v) is 10.6. The van der Waals surface area contributed by atoms with Crippen molar-refractivity contribution in [1.29, 1.82) is 0 Å². The van der Waals surface area contributed by atoms with E-state index in [0.717, 1.165) is 0 Å². The number of aliphatic hydroxyl groups excluding tert-OH is 3. The fourth-order valence-electron chi connectivity index (χ4n) is 1.69. The molecule has 0 saturated carbocycles. The molecule has 0 unspecified atom stereocenters. The number of nitrogens with zero attached hydrogens (tertiary/aromatic N) is 3. The number of hydrogen-bond acceptors (Lipinski definition) is 8. The molecule has 2 aromatic rings. The van der Waals surface area contributed by atoms with Crippen molar-refractivity contribution in [2.45, 2.75) is 25.2 Å². The maximum absolute atomic E-state index is 10.4. The van der Waals surface area contributed by atoms with Crippen molar-refractivity contribution in [3.05, 3.63) is 28.6 Å². The van der Waals surface area contributed by atoms with Gasteiger partial charge in [0.15, 0.2) is 5.82 Å². The average molecular weight is 282 g/mol. The molecule has 108 valence electrons. The fourth-order valence-corrected chi connectivity index (χ4v) is 1.69. The Labute approximate surface area is 113 Å². The number of aromatic nitrogens is 3. The lowest BCUT2D eigenvalue weighted by Crippen LogP contribution is -2.33. The minimum atomic E-state index is -1.54. The van der Waals surface area contributed by atoms with Crippen LogP contribution in [-0.4, -0.2) is 49.2 Å². The molecule has 4 N–H and O–H groups in total. The van der Waals surface area contributed by atoms with Crippen molar-refractivity contribution in [3.63, 3.8) is 0 Å². The molecule has 2 aromatic heterocycles. The molecular formula is C11H14N4O5. The first kappa shape index (κ1) is 14.3. The van der Waals surface area contributed by atoms with Crippen LogP contribution >= 0.6 is 0 Å². The van der Waals surface area contributed by atoms with Crippen molar-refractivity contribution in [2.75, 3.05) is 6.61 Å². The predicted octanol–water partition coefficient (Wildman–Crippen LogP) is -0.105. The van der Waals surface area contributed by atoms with Gasteiger partial charge in [0.05, 0.1) is 18.5 Å². The third-order valence-corrected chi connectivity index (χ3v) is 2.82. The highest BCUT2D eigenvalue weighted by molar-refractivity contribution is 5.48. The highest BCUT2D eigenvalue weighted by Gasteiger charge is 2.29. The third-order valence-electron chi connectivity index (χ3n) is 2.82. The van der Waals surface area contributed by atoms with E-state index in [2.05, 4.69) is 20.3 Å². The highest BCUT2D eigenvalue weighted by Crippen LogP contribution is 2.22. The Kier molecular flexibility index (Phi) is 4.23. The van der Waals surface area contributed by atoms with Crippen molar-refractivity contribution >= 4 is 0 Å². The van der Waals surface area contributed by atoms with E-state index < -0.39 is 24.9 Å². The lowest BCUT2D eigenvalue weighted by Gasteiger charge is -2.19. The standard InChI is InChI=1S/C11H14N4O5/c1-5-2-6(15-20-5)11-12-3-7(13-11)9(17)10(18)8(4-16)14-19/h2-3,8-10,16-18H,4H2,1H3,(H,12,13)/t8-,9-,10-/m1/s1. The van der Waals surface area contributed by atoms with Gasteiger partial charge in [-0.05, 0) is 6.92 Å². The fraction of sp³-hybridized carbons (Fsp3) is 0.455. The van der Waals surface area contributed by atoms with Crippen LogP contribution in [0, 0.1) is 11.8 Å². The van der Waals surface area contributed by atoms with Crippen LogP contribution in [0.25, 0.3) is 11.5 Å². The summed E-state index contributed by atoms with van der Waals surface area (Å²) in [5, 5.41) is 34.8. The molecule has 2 rings (SSSR count). The van der Waals surface area contributed by atoms with E-state index in [4.69, 9.17) is 9.63 Å². The molecule has 20 heavy (non-hydrogen) atoms. The van der Waals surface area contributed by atoms with Crippen LogP contribution in [0.1, 0.15) is 17.6 Å². The van der Waals surface area contributed by atoms with E-state index in [1.54, 1.807) is 13.0 Å².